The first kappa shape index (κ1) is 12.6. The number of anilines is 3. The van der Waals surface area contributed by atoms with Crippen LogP contribution in [-0.4, -0.2) is 9.97 Å². The predicted octanol–water partition coefficient (Wildman–Crippen LogP) is 3.75. The van der Waals surface area contributed by atoms with Gasteiger partial charge in [0.05, 0.1) is 10.5 Å². The summed E-state index contributed by atoms with van der Waals surface area (Å²) in [6.07, 6.45) is 0. The smallest absolute Gasteiger partial charge is 0.222 e. The van der Waals surface area contributed by atoms with Gasteiger partial charge in [-0.15, -0.1) is 0 Å². The minimum atomic E-state index is -0.497. The zero-order chi connectivity index (χ0) is 14.1. The van der Waals surface area contributed by atoms with E-state index in [4.69, 9.17) is 17.3 Å². The molecule has 0 aliphatic rings. The summed E-state index contributed by atoms with van der Waals surface area (Å²) in [6.45, 7) is 0. The van der Waals surface area contributed by atoms with Crippen molar-refractivity contribution in [3.63, 3.8) is 0 Å². The van der Waals surface area contributed by atoms with Gasteiger partial charge in [-0.05, 0) is 30.3 Å². The summed E-state index contributed by atoms with van der Waals surface area (Å²) in [4.78, 5) is 8.29. The van der Waals surface area contributed by atoms with Gasteiger partial charge in [0.25, 0.3) is 0 Å². The lowest BCUT2D eigenvalue weighted by atomic mass is 10.2. The maximum atomic E-state index is 13.4. The molecule has 0 spiro atoms. The highest BCUT2D eigenvalue weighted by Gasteiger charge is 2.07. The van der Waals surface area contributed by atoms with E-state index in [0.717, 1.165) is 10.9 Å². The number of halogens is 2. The number of nitrogen functional groups attached to an aromatic ring is 1. The summed E-state index contributed by atoms with van der Waals surface area (Å²) in [6, 6.07) is 11.9. The highest BCUT2D eigenvalue weighted by atomic mass is 35.5. The molecule has 3 aromatic rings. The normalized spacial score (nSPS) is 10.7. The zero-order valence-corrected chi connectivity index (χ0v) is 11.0. The van der Waals surface area contributed by atoms with Gasteiger partial charge in [0.2, 0.25) is 5.95 Å². The first-order valence-electron chi connectivity index (χ1n) is 5.88. The topological polar surface area (TPSA) is 63.8 Å². The van der Waals surface area contributed by atoms with Crippen LogP contribution in [-0.2, 0) is 0 Å². The van der Waals surface area contributed by atoms with Crippen molar-refractivity contribution in [2.75, 3.05) is 11.1 Å². The molecule has 3 rings (SSSR count). The van der Waals surface area contributed by atoms with E-state index in [-0.39, 0.29) is 11.0 Å². The maximum absolute atomic E-state index is 13.4. The molecule has 100 valence electrons. The van der Waals surface area contributed by atoms with Gasteiger partial charge in [0.1, 0.15) is 11.6 Å². The summed E-state index contributed by atoms with van der Waals surface area (Å²) in [5, 5.41) is 3.90. The van der Waals surface area contributed by atoms with Gasteiger partial charge < -0.3 is 11.1 Å². The molecule has 0 fully saturated rings. The molecule has 0 saturated carbocycles. The third kappa shape index (κ3) is 2.35. The average Bonchev–Trinajstić information content (AvgIpc) is 2.43. The predicted molar refractivity (Wildman–Crippen MR) is 78.6 cm³/mol. The molecule has 0 aliphatic heterocycles. The van der Waals surface area contributed by atoms with Crippen LogP contribution in [0.4, 0.5) is 21.8 Å². The molecule has 3 N–H and O–H groups in total. The van der Waals surface area contributed by atoms with Gasteiger partial charge in [0, 0.05) is 11.1 Å². The summed E-state index contributed by atoms with van der Waals surface area (Å²) < 4.78 is 13.4. The molecular weight excluding hydrogens is 279 g/mol. The summed E-state index contributed by atoms with van der Waals surface area (Å²) in [7, 11) is 0. The SMILES string of the molecule is Nc1nc(Nc2ccc(Cl)c(F)c2)c2ccccc2n1. The zero-order valence-electron chi connectivity index (χ0n) is 10.3. The lowest BCUT2D eigenvalue weighted by Gasteiger charge is -2.09. The number of fused-ring (bicyclic) bond motifs is 1. The first-order valence-corrected chi connectivity index (χ1v) is 6.25. The Hall–Kier alpha value is -2.40. The molecule has 0 saturated heterocycles. The number of rotatable bonds is 2. The second-order valence-electron chi connectivity index (χ2n) is 4.20. The molecule has 0 radical (unpaired) electrons. The summed E-state index contributed by atoms with van der Waals surface area (Å²) in [5.74, 6) is 0.179. The number of aromatic nitrogens is 2. The van der Waals surface area contributed by atoms with E-state index >= 15 is 0 Å². The molecular formula is C14H10ClFN4. The molecule has 1 heterocycles. The third-order valence-corrected chi connectivity index (χ3v) is 3.11. The van der Waals surface area contributed by atoms with Crippen LogP contribution >= 0.6 is 11.6 Å². The van der Waals surface area contributed by atoms with Crippen molar-refractivity contribution < 1.29 is 4.39 Å². The van der Waals surface area contributed by atoms with Crippen molar-refractivity contribution in [3.8, 4) is 0 Å². The molecule has 20 heavy (non-hydrogen) atoms. The molecule has 0 aliphatic carbocycles. The average molecular weight is 289 g/mol. The van der Waals surface area contributed by atoms with Crippen LogP contribution in [0.15, 0.2) is 42.5 Å². The number of hydrogen-bond donors (Lipinski definition) is 2. The number of nitrogens with one attached hydrogen (secondary N) is 1. The van der Waals surface area contributed by atoms with Crippen molar-refractivity contribution in [2.45, 2.75) is 0 Å². The minimum Gasteiger partial charge on any atom is -0.368 e. The largest absolute Gasteiger partial charge is 0.368 e. The van der Waals surface area contributed by atoms with Gasteiger partial charge in [-0.2, -0.15) is 4.98 Å². The quantitative estimate of drug-likeness (QED) is 0.754. The number of benzene rings is 2. The standard InChI is InChI=1S/C14H10ClFN4/c15-10-6-5-8(7-11(10)16)18-13-9-3-1-2-4-12(9)19-14(17)20-13/h1-7H,(H3,17,18,19,20). The van der Waals surface area contributed by atoms with E-state index in [0.29, 0.717) is 11.5 Å². The fourth-order valence-electron chi connectivity index (χ4n) is 1.90. The van der Waals surface area contributed by atoms with E-state index in [1.807, 2.05) is 24.3 Å². The second-order valence-corrected chi connectivity index (χ2v) is 4.61. The Labute approximate surface area is 119 Å². The van der Waals surface area contributed by atoms with Gasteiger partial charge in [-0.25, -0.2) is 9.37 Å². The van der Waals surface area contributed by atoms with Gasteiger partial charge in [-0.1, -0.05) is 23.7 Å². The molecule has 0 atom stereocenters. The van der Waals surface area contributed by atoms with E-state index in [1.165, 1.54) is 12.1 Å². The molecule has 6 heteroatoms. The number of hydrogen-bond acceptors (Lipinski definition) is 4. The maximum Gasteiger partial charge on any atom is 0.222 e. The Balaban J connectivity index is 2.07. The lowest BCUT2D eigenvalue weighted by Crippen LogP contribution is -2.01. The Morgan fingerprint density at radius 2 is 1.90 bits per heavy atom. The van der Waals surface area contributed by atoms with Gasteiger partial charge in [0.15, 0.2) is 0 Å². The van der Waals surface area contributed by atoms with Crippen LogP contribution < -0.4 is 11.1 Å². The lowest BCUT2D eigenvalue weighted by molar-refractivity contribution is 0.629. The molecule has 0 bridgehead atoms. The van der Waals surface area contributed by atoms with Crippen LogP contribution in [0.3, 0.4) is 0 Å². The van der Waals surface area contributed by atoms with Crippen LogP contribution in [0, 0.1) is 5.82 Å². The first-order chi connectivity index (χ1) is 9.63. The summed E-state index contributed by atoms with van der Waals surface area (Å²) >= 11 is 5.66. The van der Waals surface area contributed by atoms with Crippen molar-refractivity contribution in [3.05, 3.63) is 53.3 Å². The molecule has 4 nitrogen and oxygen atoms in total. The van der Waals surface area contributed by atoms with Crippen LogP contribution in [0.25, 0.3) is 10.9 Å². The van der Waals surface area contributed by atoms with Crippen LogP contribution in [0.1, 0.15) is 0 Å². The third-order valence-electron chi connectivity index (χ3n) is 2.80. The number of nitrogens with zero attached hydrogens (tertiary/aromatic N) is 2. The van der Waals surface area contributed by atoms with Gasteiger partial charge >= 0.3 is 0 Å². The monoisotopic (exact) mass is 288 g/mol. The summed E-state index contributed by atoms with van der Waals surface area (Å²) in [5.41, 5.74) is 6.93. The molecule has 0 unspecified atom stereocenters. The molecule has 1 aromatic heterocycles. The van der Waals surface area contributed by atoms with Crippen LogP contribution in [0.2, 0.25) is 5.02 Å². The molecule has 0 amide bonds. The van der Waals surface area contributed by atoms with Crippen molar-refractivity contribution in [1.82, 2.24) is 9.97 Å². The van der Waals surface area contributed by atoms with Crippen LogP contribution in [0.5, 0.6) is 0 Å². The van der Waals surface area contributed by atoms with E-state index in [9.17, 15) is 4.39 Å². The van der Waals surface area contributed by atoms with Crippen molar-refractivity contribution >= 4 is 40.0 Å². The number of para-hydroxylation sites is 1. The Morgan fingerprint density at radius 1 is 1.10 bits per heavy atom. The Bertz CT molecular complexity index is 791. The number of nitrogens with two attached hydrogens (primary N) is 1. The fourth-order valence-corrected chi connectivity index (χ4v) is 2.02. The molecule has 2 aromatic carbocycles. The highest BCUT2D eigenvalue weighted by Crippen LogP contribution is 2.26. The minimum absolute atomic E-state index is 0.0719. The van der Waals surface area contributed by atoms with Crippen molar-refractivity contribution in [1.29, 1.82) is 0 Å². The Morgan fingerprint density at radius 3 is 2.70 bits per heavy atom. The fraction of sp³-hybridized carbons (Fsp3) is 0. The van der Waals surface area contributed by atoms with E-state index in [1.54, 1.807) is 6.07 Å². The highest BCUT2D eigenvalue weighted by molar-refractivity contribution is 6.30. The van der Waals surface area contributed by atoms with E-state index in [2.05, 4.69) is 15.3 Å². The second kappa shape index (κ2) is 4.94. The van der Waals surface area contributed by atoms with Crippen molar-refractivity contribution in [2.24, 2.45) is 0 Å². The Kier molecular flexibility index (Phi) is 3.12. The van der Waals surface area contributed by atoms with E-state index < -0.39 is 5.82 Å². The van der Waals surface area contributed by atoms with Gasteiger partial charge in [-0.3, -0.25) is 0 Å².